The van der Waals surface area contributed by atoms with E-state index in [2.05, 4.69) is 20.0 Å². The van der Waals surface area contributed by atoms with Crippen molar-refractivity contribution in [1.29, 1.82) is 0 Å². The molecule has 1 fully saturated rings. The Morgan fingerprint density at radius 2 is 1.82 bits per heavy atom. The second kappa shape index (κ2) is 13.5. The van der Waals surface area contributed by atoms with Gasteiger partial charge in [-0.3, -0.25) is 9.52 Å². The molecule has 1 aromatic heterocycles. The van der Waals surface area contributed by atoms with Crippen LogP contribution in [0.3, 0.4) is 0 Å². The Bertz CT molecular complexity index is 2100. The molecule has 12 nitrogen and oxygen atoms in total. The van der Waals surface area contributed by atoms with Crippen LogP contribution in [0.25, 0.3) is 22.0 Å². The maximum Gasteiger partial charge on any atom is 0.410 e. The highest BCUT2D eigenvalue weighted by atomic mass is 35.5. The highest BCUT2D eigenvalue weighted by Crippen LogP contribution is 2.43. The van der Waals surface area contributed by atoms with Gasteiger partial charge in [-0.1, -0.05) is 17.7 Å². The molecule has 2 aliphatic rings. The Morgan fingerprint density at radius 3 is 2.52 bits per heavy atom. The van der Waals surface area contributed by atoms with Crippen molar-refractivity contribution < 1.29 is 41.0 Å². The maximum absolute atomic E-state index is 16.0. The number of nitrogens with one attached hydrogen (secondary N) is 2. The topological polar surface area (TPSA) is 149 Å². The van der Waals surface area contributed by atoms with Crippen LogP contribution in [-0.4, -0.2) is 66.7 Å². The summed E-state index contributed by atoms with van der Waals surface area (Å²) in [7, 11) is -4.53. The molecular formula is C34H34ClF2N5O7S. The molecule has 0 bridgehead atoms. The molecule has 1 amide bonds. The molecule has 1 atom stereocenters. The highest BCUT2D eigenvalue weighted by molar-refractivity contribution is 7.92. The first-order valence-corrected chi connectivity index (χ1v) is 17.6. The first-order valence-electron chi connectivity index (χ1n) is 15.7. The number of hydrogen-bond donors (Lipinski definition) is 2. The van der Waals surface area contributed by atoms with Gasteiger partial charge in [0, 0.05) is 48.2 Å². The Balaban J connectivity index is 1.19. The number of esters is 1. The van der Waals surface area contributed by atoms with E-state index in [1.807, 2.05) is 20.8 Å². The van der Waals surface area contributed by atoms with Gasteiger partial charge in [0.25, 0.3) is 10.0 Å². The van der Waals surface area contributed by atoms with E-state index in [0.717, 1.165) is 18.2 Å². The Kier molecular flexibility index (Phi) is 9.48. The minimum Gasteiger partial charge on any atom is -0.487 e. The van der Waals surface area contributed by atoms with E-state index >= 15 is 8.78 Å². The van der Waals surface area contributed by atoms with E-state index in [4.69, 9.17) is 25.8 Å². The fraction of sp³-hybridized carbons (Fsp3) is 0.353. The van der Waals surface area contributed by atoms with Gasteiger partial charge in [0.05, 0.1) is 16.8 Å². The predicted molar refractivity (Wildman–Crippen MR) is 182 cm³/mol. The summed E-state index contributed by atoms with van der Waals surface area (Å²) in [6, 6.07) is 9.07. The van der Waals surface area contributed by atoms with Crippen LogP contribution in [-0.2, 0) is 24.3 Å². The summed E-state index contributed by atoms with van der Waals surface area (Å²) in [5, 5.41) is 3.81. The minimum absolute atomic E-state index is 0.0207. The van der Waals surface area contributed by atoms with Gasteiger partial charge in [-0.05, 0) is 75.6 Å². The van der Waals surface area contributed by atoms with E-state index in [1.54, 1.807) is 11.0 Å². The lowest BCUT2D eigenvalue weighted by Gasteiger charge is -2.33. The van der Waals surface area contributed by atoms with Crippen molar-refractivity contribution in [2.45, 2.75) is 63.2 Å². The first-order chi connectivity index (χ1) is 23.6. The fourth-order valence-electron chi connectivity index (χ4n) is 5.80. The third-order valence-electron chi connectivity index (χ3n) is 8.06. The van der Waals surface area contributed by atoms with Crippen molar-refractivity contribution in [2.24, 2.45) is 0 Å². The van der Waals surface area contributed by atoms with Crippen molar-refractivity contribution in [1.82, 2.24) is 14.9 Å². The Labute approximate surface area is 292 Å². The van der Waals surface area contributed by atoms with Crippen LogP contribution in [0.15, 0.2) is 53.6 Å². The second-order valence-electron chi connectivity index (χ2n) is 13.0. The number of likely N-dealkylation sites (tertiary alicyclic amines) is 1. The zero-order valence-corrected chi connectivity index (χ0v) is 29.1. The van der Waals surface area contributed by atoms with Gasteiger partial charge >= 0.3 is 12.1 Å². The zero-order chi connectivity index (χ0) is 36.0. The van der Waals surface area contributed by atoms with Gasteiger partial charge in [-0.2, -0.15) is 0 Å². The van der Waals surface area contributed by atoms with Crippen molar-refractivity contribution in [2.75, 3.05) is 29.7 Å². The summed E-state index contributed by atoms with van der Waals surface area (Å²) in [4.78, 5) is 34.1. The number of carbonyl (C=O) groups is 2. The van der Waals surface area contributed by atoms with E-state index in [1.165, 1.54) is 31.3 Å². The van der Waals surface area contributed by atoms with Crippen molar-refractivity contribution >= 4 is 56.2 Å². The summed E-state index contributed by atoms with van der Waals surface area (Å²) in [5.74, 6) is -2.39. The largest absolute Gasteiger partial charge is 0.487 e. The lowest BCUT2D eigenvalue weighted by molar-refractivity contribution is -0.147. The first kappa shape index (κ1) is 35.1. The summed E-state index contributed by atoms with van der Waals surface area (Å²) < 4.78 is 76.5. The molecule has 1 unspecified atom stereocenters. The van der Waals surface area contributed by atoms with Crippen LogP contribution in [0, 0.1) is 11.6 Å². The van der Waals surface area contributed by atoms with E-state index in [0.29, 0.717) is 42.8 Å². The number of fused-ring (bicyclic) bond motifs is 2. The molecule has 50 heavy (non-hydrogen) atoms. The monoisotopic (exact) mass is 729 g/mol. The number of nitrogens with zero attached hydrogens (tertiary/aromatic N) is 3. The highest BCUT2D eigenvalue weighted by Gasteiger charge is 2.35. The molecule has 0 aliphatic carbocycles. The number of piperidine rings is 1. The van der Waals surface area contributed by atoms with Crippen LogP contribution in [0.1, 0.15) is 52.2 Å². The van der Waals surface area contributed by atoms with Crippen LogP contribution < -0.4 is 14.8 Å². The predicted octanol–water partition coefficient (Wildman–Crippen LogP) is 6.84. The second-order valence-corrected chi connectivity index (χ2v) is 15.1. The molecule has 264 valence electrons. The van der Waals surface area contributed by atoms with Gasteiger partial charge in [-0.25, -0.2) is 32.0 Å². The molecule has 2 aliphatic heterocycles. The fourth-order valence-corrected chi connectivity index (χ4v) is 7.35. The zero-order valence-electron chi connectivity index (χ0n) is 27.6. The number of hydrogen-bond acceptors (Lipinski definition) is 10. The standard InChI is InChI=1S/C34H34ClF2N5O7S/c1-18(43)48-27-17-47-31-23(27)14-21(35)15-28(31)50(45,46)41-26-8-6-24(36)29(30(26)37)19-5-7-25-20(13-19)16-38-32(40-25)39-22-9-11-42(12-10-22)33(44)49-34(2,3)4/h5-8,13-16,22,27,41H,9-12,17H2,1-4H3,(H,38,39,40). The smallest absolute Gasteiger partial charge is 0.410 e. The molecule has 1 saturated heterocycles. The molecule has 16 heteroatoms. The molecule has 6 rings (SSSR count). The number of aromatic nitrogens is 2. The number of halogens is 3. The summed E-state index contributed by atoms with van der Waals surface area (Å²) in [6.45, 7) is 7.57. The molecule has 0 radical (unpaired) electrons. The average Bonchev–Trinajstić information content (AvgIpc) is 3.43. The maximum atomic E-state index is 16.0. The van der Waals surface area contributed by atoms with E-state index < -0.39 is 55.5 Å². The normalized spacial score (nSPS) is 16.5. The Morgan fingerprint density at radius 1 is 1.08 bits per heavy atom. The number of benzene rings is 3. The summed E-state index contributed by atoms with van der Waals surface area (Å²) in [5.41, 5.74) is -0.669. The van der Waals surface area contributed by atoms with Gasteiger partial charge in [0.15, 0.2) is 11.9 Å². The van der Waals surface area contributed by atoms with Crippen molar-refractivity contribution in [3.05, 3.63) is 70.9 Å². The van der Waals surface area contributed by atoms with Crippen molar-refractivity contribution in [3.8, 4) is 16.9 Å². The van der Waals surface area contributed by atoms with Gasteiger partial charge in [0.2, 0.25) is 5.95 Å². The third kappa shape index (κ3) is 7.53. The number of ether oxygens (including phenoxy) is 3. The SMILES string of the molecule is CC(=O)OC1COc2c1cc(Cl)cc2S(=O)(=O)Nc1ccc(F)c(-c2ccc3nc(NC4CCN(C(=O)OC(C)(C)C)CC4)ncc3c2)c1F. The molecular weight excluding hydrogens is 696 g/mol. The van der Waals surface area contributed by atoms with Gasteiger partial charge in [0.1, 0.15) is 28.7 Å². The Hall–Kier alpha value is -4.76. The average molecular weight is 730 g/mol. The summed E-state index contributed by atoms with van der Waals surface area (Å²) >= 11 is 6.19. The molecule has 0 spiro atoms. The van der Waals surface area contributed by atoms with Gasteiger partial charge < -0.3 is 24.4 Å². The van der Waals surface area contributed by atoms with Crippen LogP contribution in [0.5, 0.6) is 5.75 Å². The molecule has 3 aromatic carbocycles. The molecule has 0 saturated carbocycles. The molecule has 4 aromatic rings. The quantitative estimate of drug-likeness (QED) is 0.194. The number of rotatable bonds is 7. The third-order valence-corrected chi connectivity index (χ3v) is 9.64. The van der Waals surface area contributed by atoms with Crippen LogP contribution >= 0.6 is 11.6 Å². The number of amides is 1. The van der Waals surface area contributed by atoms with E-state index in [9.17, 15) is 18.0 Å². The lowest BCUT2D eigenvalue weighted by atomic mass is 10.0. The van der Waals surface area contributed by atoms with Gasteiger partial charge in [-0.15, -0.1) is 0 Å². The lowest BCUT2D eigenvalue weighted by Crippen LogP contribution is -2.44. The molecule has 3 heterocycles. The number of sulfonamides is 1. The number of anilines is 2. The van der Waals surface area contributed by atoms with E-state index in [-0.39, 0.29) is 40.6 Å². The number of carbonyl (C=O) groups excluding carboxylic acids is 2. The summed E-state index contributed by atoms with van der Waals surface area (Å²) in [6.07, 6.45) is 1.63. The molecule has 2 N–H and O–H groups in total. The van der Waals surface area contributed by atoms with Crippen molar-refractivity contribution in [3.63, 3.8) is 0 Å². The minimum atomic E-state index is -4.53. The van der Waals surface area contributed by atoms with Crippen LogP contribution in [0.4, 0.5) is 25.2 Å². The van der Waals surface area contributed by atoms with Crippen LogP contribution in [0.2, 0.25) is 5.02 Å².